The molecule has 7 nitrogen and oxygen atoms in total. The van der Waals surface area contributed by atoms with Gasteiger partial charge in [0, 0.05) is 37.7 Å². The summed E-state index contributed by atoms with van der Waals surface area (Å²) in [6.07, 6.45) is 7.04. The number of hydrogen-bond donors (Lipinski definition) is 3. The summed E-state index contributed by atoms with van der Waals surface area (Å²) in [4.78, 5) is 25.9. The molecule has 1 amide bonds. The van der Waals surface area contributed by atoms with E-state index in [1.54, 1.807) is 6.20 Å². The molecule has 0 bridgehead atoms. The maximum absolute atomic E-state index is 13.4. The zero-order valence-electron chi connectivity index (χ0n) is 17.0. The lowest BCUT2D eigenvalue weighted by atomic mass is 9.99. The standard InChI is InChI=1S/C22H26ClFN4O3/c23-19(25)5-6-20(26)27-22(30)18-13-28(11-14-7-9-31-10-8-14)12-17(21(18)29)15-1-3-16(24)4-2-15/h1-6,12-14,19-20H,7-11,25-26H2,(H,27,30)/b6-5-. The maximum Gasteiger partial charge on any atom is 0.258 e. The van der Waals surface area contributed by atoms with Gasteiger partial charge in [-0.1, -0.05) is 18.2 Å². The first kappa shape index (κ1) is 23.1. The first-order chi connectivity index (χ1) is 14.8. The zero-order valence-corrected chi connectivity index (χ0v) is 17.7. The van der Waals surface area contributed by atoms with E-state index < -0.39 is 28.8 Å². The number of carbonyl (C=O) groups excluding carboxylic acids is 1. The van der Waals surface area contributed by atoms with Gasteiger partial charge in [0.1, 0.15) is 11.4 Å². The molecular formula is C22H26ClFN4O3. The number of hydrogen-bond acceptors (Lipinski definition) is 5. The summed E-state index contributed by atoms with van der Waals surface area (Å²) in [7, 11) is 0. The molecule has 1 aromatic heterocycles. The van der Waals surface area contributed by atoms with Crippen molar-refractivity contribution < 1.29 is 13.9 Å². The van der Waals surface area contributed by atoms with Crippen molar-refractivity contribution in [3.8, 4) is 11.1 Å². The molecule has 0 aliphatic carbocycles. The van der Waals surface area contributed by atoms with Crippen molar-refractivity contribution in [1.82, 2.24) is 9.88 Å². The lowest BCUT2D eigenvalue weighted by Gasteiger charge is -2.24. The van der Waals surface area contributed by atoms with E-state index in [-0.39, 0.29) is 5.56 Å². The Morgan fingerprint density at radius 3 is 2.55 bits per heavy atom. The number of alkyl halides is 1. The molecule has 2 aromatic rings. The normalized spacial score (nSPS) is 16.9. The highest BCUT2D eigenvalue weighted by molar-refractivity contribution is 6.21. The van der Waals surface area contributed by atoms with Gasteiger partial charge in [-0.2, -0.15) is 0 Å². The summed E-state index contributed by atoms with van der Waals surface area (Å²) in [6, 6.07) is 5.59. The van der Waals surface area contributed by atoms with E-state index in [4.69, 9.17) is 27.8 Å². The molecule has 3 rings (SSSR count). The molecule has 2 heterocycles. The third-order valence-corrected chi connectivity index (χ3v) is 5.23. The van der Waals surface area contributed by atoms with Crippen LogP contribution in [0.1, 0.15) is 23.2 Å². The quantitative estimate of drug-likeness (QED) is 0.260. The summed E-state index contributed by atoms with van der Waals surface area (Å²) in [6.45, 7) is 2.00. The minimum absolute atomic E-state index is 0.0482. The highest BCUT2D eigenvalue weighted by atomic mass is 35.5. The molecule has 2 atom stereocenters. The molecule has 166 valence electrons. The van der Waals surface area contributed by atoms with Crippen LogP contribution < -0.4 is 22.2 Å². The lowest BCUT2D eigenvalue weighted by Crippen LogP contribution is -2.42. The van der Waals surface area contributed by atoms with Gasteiger partial charge in [-0.3, -0.25) is 9.59 Å². The van der Waals surface area contributed by atoms with E-state index in [0.29, 0.717) is 36.8 Å². The highest BCUT2D eigenvalue weighted by Gasteiger charge is 2.20. The molecule has 1 fully saturated rings. The molecule has 2 unspecified atom stereocenters. The minimum Gasteiger partial charge on any atom is -0.381 e. The number of nitrogens with two attached hydrogens (primary N) is 2. The average Bonchev–Trinajstić information content (AvgIpc) is 2.74. The van der Waals surface area contributed by atoms with Crippen LogP contribution in [0.5, 0.6) is 0 Å². The number of benzene rings is 1. The second-order valence-electron chi connectivity index (χ2n) is 7.50. The molecule has 0 radical (unpaired) electrons. The Morgan fingerprint density at radius 2 is 1.90 bits per heavy atom. The molecule has 9 heteroatoms. The minimum atomic E-state index is -0.866. The van der Waals surface area contributed by atoms with Crippen molar-refractivity contribution in [2.75, 3.05) is 13.2 Å². The van der Waals surface area contributed by atoms with Gasteiger partial charge in [0.15, 0.2) is 0 Å². The molecule has 1 aliphatic heterocycles. The van der Waals surface area contributed by atoms with Crippen LogP contribution in [0.2, 0.25) is 0 Å². The molecule has 0 saturated carbocycles. The van der Waals surface area contributed by atoms with Gasteiger partial charge >= 0.3 is 0 Å². The number of nitrogens with one attached hydrogen (secondary N) is 1. The van der Waals surface area contributed by atoms with E-state index in [2.05, 4.69) is 5.32 Å². The number of carbonyl (C=O) groups is 1. The van der Waals surface area contributed by atoms with Crippen LogP contribution in [-0.2, 0) is 11.3 Å². The van der Waals surface area contributed by atoms with Gasteiger partial charge < -0.3 is 26.1 Å². The van der Waals surface area contributed by atoms with Gasteiger partial charge in [-0.05, 0) is 42.5 Å². The Bertz CT molecular complexity index is 985. The lowest BCUT2D eigenvalue weighted by molar-refractivity contribution is 0.0611. The second kappa shape index (κ2) is 10.7. The summed E-state index contributed by atoms with van der Waals surface area (Å²) < 4.78 is 20.6. The van der Waals surface area contributed by atoms with Crippen molar-refractivity contribution in [1.29, 1.82) is 0 Å². The van der Waals surface area contributed by atoms with Crippen LogP contribution in [0, 0.1) is 11.7 Å². The molecule has 5 N–H and O–H groups in total. The maximum atomic E-state index is 13.4. The average molecular weight is 449 g/mol. The van der Waals surface area contributed by atoms with Crippen molar-refractivity contribution >= 4 is 17.5 Å². The number of nitrogens with zero attached hydrogens (tertiary/aromatic N) is 1. The Balaban J connectivity index is 1.95. The van der Waals surface area contributed by atoms with Crippen molar-refractivity contribution in [3.63, 3.8) is 0 Å². The molecule has 1 aromatic carbocycles. The second-order valence-corrected chi connectivity index (χ2v) is 8.01. The third-order valence-electron chi connectivity index (χ3n) is 5.09. The van der Waals surface area contributed by atoms with E-state index >= 15 is 0 Å². The van der Waals surface area contributed by atoms with Crippen LogP contribution in [-0.4, -0.2) is 35.4 Å². The highest BCUT2D eigenvalue weighted by Crippen LogP contribution is 2.20. The summed E-state index contributed by atoms with van der Waals surface area (Å²) in [5.41, 5.74) is 10.9. The third kappa shape index (κ3) is 6.48. The van der Waals surface area contributed by atoms with E-state index in [1.165, 1.54) is 42.6 Å². The fourth-order valence-electron chi connectivity index (χ4n) is 3.46. The fourth-order valence-corrected chi connectivity index (χ4v) is 3.55. The van der Waals surface area contributed by atoms with Gasteiger partial charge in [0.25, 0.3) is 5.91 Å². The Labute approximate surface area is 184 Å². The summed E-state index contributed by atoms with van der Waals surface area (Å²) >= 11 is 5.65. The molecule has 31 heavy (non-hydrogen) atoms. The molecular weight excluding hydrogens is 423 g/mol. The number of pyridine rings is 1. The van der Waals surface area contributed by atoms with Crippen molar-refractivity contribution in [3.05, 3.63) is 70.4 Å². The van der Waals surface area contributed by atoms with Crippen LogP contribution in [0.4, 0.5) is 4.39 Å². The number of rotatable bonds is 7. The Morgan fingerprint density at radius 1 is 1.23 bits per heavy atom. The van der Waals surface area contributed by atoms with Crippen molar-refractivity contribution in [2.45, 2.75) is 31.1 Å². The predicted octanol–water partition coefficient (Wildman–Crippen LogP) is 2.18. The number of aromatic nitrogens is 1. The summed E-state index contributed by atoms with van der Waals surface area (Å²) in [5, 5.41) is 2.56. The van der Waals surface area contributed by atoms with E-state index in [1.807, 2.05) is 4.57 Å². The zero-order chi connectivity index (χ0) is 22.4. The smallest absolute Gasteiger partial charge is 0.258 e. The van der Waals surface area contributed by atoms with Crippen molar-refractivity contribution in [2.24, 2.45) is 17.4 Å². The monoisotopic (exact) mass is 448 g/mol. The number of halogens is 2. The molecule has 1 saturated heterocycles. The predicted molar refractivity (Wildman–Crippen MR) is 118 cm³/mol. The topological polar surface area (TPSA) is 112 Å². The van der Waals surface area contributed by atoms with E-state index in [9.17, 15) is 14.0 Å². The first-order valence-corrected chi connectivity index (χ1v) is 10.5. The van der Waals surface area contributed by atoms with Gasteiger partial charge in [-0.25, -0.2) is 4.39 Å². The SMILES string of the molecule is NC(Cl)/C=C\C(N)NC(=O)c1cn(CC2CCOCC2)cc(-c2ccc(F)cc2)c1=O. The van der Waals surface area contributed by atoms with Crippen LogP contribution in [0.25, 0.3) is 11.1 Å². The number of ether oxygens (including phenoxy) is 1. The molecule has 0 spiro atoms. The van der Waals surface area contributed by atoms with E-state index in [0.717, 1.165) is 12.8 Å². The van der Waals surface area contributed by atoms with Gasteiger partial charge in [0.05, 0.1) is 11.7 Å². The Hall–Kier alpha value is -2.52. The van der Waals surface area contributed by atoms with Crippen LogP contribution in [0.15, 0.2) is 53.6 Å². The van der Waals surface area contributed by atoms with Crippen LogP contribution >= 0.6 is 11.6 Å². The van der Waals surface area contributed by atoms with Crippen LogP contribution in [0.3, 0.4) is 0 Å². The fraction of sp³-hybridized carbons (Fsp3) is 0.364. The van der Waals surface area contributed by atoms with Gasteiger partial charge in [0.2, 0.25) is 5.43 Å². The van der Waals surface area contributed by atoms with Gasteiger partial charge in [-0.15, -0.1) is 11.6 Å². The Kier molecular flexibility index (Phi) is 7.97. The molecule has 1 aliphatic rings. The largest absolute Gasteiger partial charge is 0.381 e. The first-order valence-electron chi connectivity index (χ1n) is 10.1. The summed E-state index contributed by atoms with van der Waals surface area (Å²) in [5.74, 6) is -0.658. The number of amides is 1.